The molecule has 0 amide bonds. The van der Waals surface area contributed by atoms with E-state index in [1.807, 2.05) is 11.0 Å². The lowest BCUT2D eigenvalue weighted by Gasteiger charge is -2.34. The van der Waals surface area contributed by atoms with Gasteiger partial charge in [-0.25, -0.2) is 23.5 Å². The summed E-state index contributed by atoms with van der Waals surface area (Å²) in [5.74, 6) is -3.13. The zero-order chi connectivity index (χ0) is 25.3. The van der Waals surface area contributed by atoms with Gasteiger partial charge < -0.3 is 21.1 Å². The molecule has 6 rings (SSSR count). The zero-order valence-electron chi connectivity index (χ0n) is 18.5. The van der Waals surface area contributed by atoms with Crippen molar-refractivity contribution in [2.45, 2.75) is 24.9 Å². The van der Waals surface area contributed by atoms with Crippen LogP contribution in [0.15, 0.2) is 18.2 Å². The standard InChI is InChI=1S/C24H17ClF2N6O2S/c25-14-5-12-19(31-22(24(34)35)32-23(12)33-7-9-1-2-10(8-33)30-9)18(27)17(14)11-3-4-15(26)20-16(11)13(6-28)21(29)36-20/h3-5,9-10,30H,1-2,7-8,29H2,(H,34,35). The molecular formula is C24H17ClF2N6O2S. The van der Waals surface area contributed by atoms with Crippen molar-refractivity contribution in [3.8, 4) is 17.2 Å². The molecule has 2 aliphatic heterocycles. The number of fused-ring (bicyclic) bond motifs is 4. The largest absolute Gasteiger partial charge is 0.475 e. The number of carbonyl (C=O) groups is 1. The van der Waals surface area contributed by atoms with Crippen LogP contribution < -0.4 is 16.0 Å². The second kappa shape index (κ2) is 8.23. The van der Waals surface area contributed by atoms with E-state index in [4.69, 9.17) is 17.3 Å². The summed E-state index contributed by atoms with van der Waals surface area (Å²) in [5.41, 5.74) is 5.78. The number of thiophene rings is 1. The number of anilines is 2. The SMILES string of the molecule is N#Cc1c(N)sc2c(F)ccc(-c3c(Cl)cc4c(N5CC6CCC(C5)N6)nc(C(=O)O)nc4c3F)c12. The molecule has 2 bridgehead atoms. The van der Waals surface area contributed by atoms with Crippen LogP contribution in [0.2, 0.25) is 5.02 Å². The summed E-state index contributed by atoms with van der Waals surface area (Å²) >= 11 is 7.51. The summed E-state index contributed by atoms with van der Waals surface area (Å²) < 4.78 is 30.9. The Morgan fingerprint density at radius 2 is 2.00 bits per heavy atom. The Morgan fingerprint density at radius 1 is 1.28 bits per heavy atom. The molecule has 2 aromatic heterocycles. The Hall–Kier alpha value is -3.59. The Bertz CT molecular complexity index is 1640. The van der Waals surface area contributed by atoms with Gasteiger partial charge in [0.25, 0.3) is 0 Å². The van der Waals surface area contributed by atoms with Gasteiger partial charge in [-0.15, -0.1) is 11.3 Å². The highest BCUT2D eigenvalue weighted by molar-refractivity contribution is 7.23. The smallest absolute Gasteiger partial charge is 0.374 e. The topological polar surface area (TPSA) is 128 Å². The molecule has 2 unspecified atom stereocenters. The number of halogens is 3. The second-order valence-corrected chi connectivity index (χ2v) is 10.4. The van der Waals surface area contributed by atoms with Crippen LogP contribution in [0.4, 0.5) is 19.6 Å². The molecule has 182 valence electrons. The fourth-order valence-corrected chi connectivity index (χ4v) is 6.49. The molecule has 4 aromatic rings. The molecule has 36 heavy (non-hydrogen) atoms. The van der Waals surface area contributed by atoms with Crippen LogP contribution in [0.3, 0.4) is 0 Å². The molecule has 8 nitrogen and oxygen atoms in total. The predicted molar refractivity (Wildman–Crippen MR) is 134 cm³/mol. The van der Waals surface area contributed by atoms with Crippen LogP contribution in [0.1, 0.15) is 29.0 Å². The van der Waals surface area contributed by atoms with E-state index >= 15 is 4.39 Å². The van der Waals surface area contributed by atoms with Crippen molar-refractivity contribution in [2.75, 3.05) is 23.7 Å². The van der Waals surface area contributed by atoms with Gasteiger partial charge >= 0.3 is 5.97 Å². The maximum Gasteiger partial charge on any atom is 0.374 e. The number of benzene rings is 2. The Balaban J connectivity index is 1.64. The lowest BCUT2D eigenvalue weighted by atomic mass is 9.97. The number of rotatable bonds is 3. The van der Waals surface area contributed by atoms with Crippen LogP contribution in [0.5, 0.6) is 0 Å². The number of nitrogens with one attached hydrogen (secondary N) is 1. The predicted octanol–water partition coefficient (Wildman–Crippen LogP) is 4.54. The number of hydrogen-bond acceptors (Lipinski definition) is 8. The van der Waals surface area contributed by atoms with Crippen molar-refractivity contribution in [2.24, 2.45) is 0 Å². The summed E-state index contributed by atoms with van der Waals surface area (Å²) in [4.78, 5) is 22.1. The number of carboxylic acids is 1. The van der Waals surface area contributed by atoms with Gasteiger partial charge in [-0.2, -0.15) is 5.26 Å². The normalized spacial score (nSPS) is 19.2. The molecular weight excluding hydrogens is 510 g/mol. The molecule has 2 atom stereocenters. The van der Waals surface area contributed by atoms with Crippen molar-refractivity contribution in [1.29, 1.82) is 5.26 Å². The van der Waals surface area contributed by atoms with Crippen LogP contribution >= 0.6 is 22.9 Å². The number of piperazine rings is 1. The number of nitrogens with two attached hydrogens (primary N) is 1. The Morgan fingerprint density at radius 3 is 2.67 bits per heavy atom. The van der Waals surface area contributed by atoms with E-state index in [0.717, 1.165) is 30.2 Å². The summed E-state index contributed by atoms with van der Waals surface area (Å²) in [6.07, 6.45) is 1.97. The molecule has 4 heterocycles. The average molecular weight is 527 g/mol. The van der Waals surface area contributed by atoms with Crippen molar-refractivity contribution in [3.05, 3.63) is 46.2 Å². The van der Waals surface area contributed by atoms with Crippen LogP contribution in [0, 0.1) is 23.0 Å². The fraction of sp³-hybridized carbons (Fsp3) is 0.250. The number of hydrogen-bond donors (Lipinski definition) is 3. The third-order valence-electron chi connectivity index (χ3n) is 6.77. The fourth-order valence-electron chi connectivity index (χ4n) is 5.24. The molecule has 0 saturated carbocycles. The minimum absolute atomic E-state index is 0.00685. The quantitative estimate of drug-likeness (QED) is 0.355. The molecule has 2 fully saturated rings. The Labute approximate surface area is 211 Å². The first-order chi connectivity index (χ1) is 17.3. The minimum Gasteiger partial charge on any atom is -0.475 e. The summed E-state index contributed by atoms with van der Waals surface area (Å²) in [7, 11) is 0. The average Bonchev–Trinajstić information content (AvgIpc) is 3.37. The van der Waals surface area contributed by atoms with Gasteiger partial charge in [-0.1, -0.05) is 17.7 Å². The molecule has 2 aromatic carbocycles. The van der Waals surface area contributed by atoms with E-state index in [1.165, 1.54) is 12.1 Å². The molecule has 0 radical (unpaired) electrons. The van der Waals surface area contributed by atoms with Gasteiger partial charge in [-0.3, -0.25) is 0 Å². The van der Waals surface area contributed by atoms with E-state index < -0.39 is 23.4 Å². The van der Waals surface area contributed by atoms with Crippen molar-refractivity contribution < 1.29 is 18.7 Å². The highest BCUT2D eigenvalue weighted by Gasteiger charge is 2.34. The molecule has 0 spiro atoms. The maximum absolute atomic E-state index is 16.2. The van der Waals surface area contributed by atoms with Crippen LogP contribution in [-0.2, 0) is 0 Å². The van der Waals surface area contributed by atoms with Gasteiger partial charge in [0, 0.05) is 41.5 Å². The van der Waals surface area contributed by atoms with Gasteiger partial charge in [0.05, 0.1) is 15.3 Å². The third-order valence-corrected chi connectivity index (χ3v) is 8.09. The highest BCUT2D eigenvalue weighted by atomic mass is 35.5. The highest BCUT2D eigenvalue weighted by Crippen LogP contribution is 2.45. The summed E-state index contributed by atoms with van der Waals surface area (Å²) in [6.45, 7) is 1.17. The number of nitrogens with zero attached hydrogens (tertiary/aromatic N) is 4. The van der Waals surface area contributed by atoms with Crippen molar-refractivity contribution >= 4 is 60.7 Å². The second-order valence-electron chi connectivity index (χ2n) is 8.91. The first kappa shape index (κ1) is 22.8. The maximum atomic E-state index is 16.2. The van der Waals surface area contributed by atoms with E-state index in [9.17, 15) is 19.6 Å². The van der Waals surface area contributed by atoms with E-state index in [0.29, 0.717) is 18.9 Å². The number of carboxylic acid groups (broad SMARTS) is 1. The molecule has 2 saturated heterocycles. The van der Waals surface area contributed by atoms with Gasteiger partial charge in [-0.05, 0) is 30.5 Å². The zero-order valence-corrected chi connectivity index (χ0v) is 20.1. The van der Waals surface area contributed by atoms with E-state index in [-0.39, 0.29) is 59.8 Å². The number of aromatic nitrogens is 2. The Kier molecular flexibility index (Phi) is 5.22. The molecule has 4 N–H and O–H groups in total. The number of nitriles is 1. The van der Waals surface area contributed by atoms with Crippen LogP contribution in [0.25, 0.3) is 32.1 Å². The van der Waals surface area contributed by atoms with Gasteiger partial charge in [0.2, 0.25) is 5.82 Å². The monoisotopic (exact) mass is 526 g/mol. The first-order valence-corrected chi connectivity index (χ1v) is 12.3. The lowest BCUT2D eigenvalue weighted by Crippen LogP contribution is -2.51. The lowest BCUT2D eigenvalue weighted by molar-refractivity contribution is 0.0684. The van der Waals surface area contributed by atoms with E-state index in [1.54, 1.807) is 0 Å². The number of nitrogen functional groups attached to an aromatic ring is 1. The van der Waals surface area contributed by atoms with Gasteiger partial charge in [0.1, 0.15) is 28.2 Å². The summed E-state index contributed by atoms with van der Waals surface area (Å²) in [6, 6.07) is 6.39. The first-order valence-electron chi connectivity index (χ1n) is 11.1. The summed E-state index contributed by atoms with van der Waals surface area (Å²) in [5, 5.41) is 23.3. The molecule has 2 aliphatic rings. The van der Waals surface area contributed by atoms with E-state index in [2.05, 4.69) is 15.3 Å². The van der Waals surface area contributed by atoms with Gasteiger partial charge in [0.15, 0.2) is 5.82 Å². The van der Waals surface area contributed by atoms with Crippen molar-refractivity contribution in [1.82, 2.24) is 15.3 Å². The number of aromatic carboxylic acids is 1. The van der Waals surface area contributed by atoms with Crippen LogP contribution in [-0.4, -0.2) is 46.2 Å². The minimum atomic E-state index is -1.39. The molecule has 0 aliphatic carbocycles. The third kappa shape index (κ3) is 3.37. The molecule has 12 heteroatoms. The van der Waals surface area contributed by atoms with Crippen molar-refractivity contribution in [3.63, 3.8) is 0 Å².